The van der Waals surface area contributed by atoms with Gasteiger partial charge in [-0.05, 0) is 18.2 Å². The molecule has 0 aliphatic heterocycles. The van der Waals surface area contributed by atoms with E-state index in [9.17, 15) is 26.4 Å². The largest absolute Gasteiger partial charge is 0.484 e. The third-order valence-corrected chi connectivity index (χ3v) is 6.06. The fourth-order valence-corrected chi connectivity index (χ4v) is 4.17. The molecular formula is C20H18F3N5O5S. The van der Waals surface area contributed by atoms with Gasteiger partial charge in [0.05, 0.1) is 23.0 Å². The molecule has 0 fully saturated rings. The van der Waals surface area contributed by atoms with E-state index in [1.54, 1.807) is 0 Å². The minimum absolute atomic E-state index is 0.000724. The van der Waals surface area contributed by atoms with Gasteiger partial charge in [0.15, 0.2) is 17.4 Å². The third kappa shape index (κ3) is 4.71. The highest BCUT2D eigenvalue weighted by Gasteiger charge is 2.28. The number of aromatic nitrogens is 4. The number of nitrogens with one attached hydrogen (secondary N) is 2. The van der Waals surface area contributed by atoms with Gasteiger partial charge in [0.25, 0.3) is 10.0 Å². The lowest BCUT2D eigenvalue weighted by Crippen LogP contribution is -2.19. The van der Waals surface area contributed by atoms with Gasteiger partial charge in [-0.1, -0.05) is 6.07 Å². The molecule has 0 spiro atoms. The molecule has 2 heterocycles. The zero-order valence-corrected chi connectivity index (χ0v) is 18.6. The molecular weight excluding hydrogens is 479 g/mol. The quantitative estimate of drug-likeness (QED) is 0.405. The highest BCUT2D eigenvalue weighted by molar-refractivity contribution is 7.92. The van der Waals surface area contributed by atoms with Crippen molar-refractivity contribution >= 4 is 26.7 Å². The van der Waals surface area contributed by atoms with Crippen molar-refractivity contribution in [3.63, 3.8) is 0 Å². The maximum Gasteiger partial charge on any atom is 0.422 e. The predicted molar refractivity (Wildman–Crippen MR) is 116 cm³/mol. The zero-order valence-electron chi connectivity index (χ0n) is 17.8. The zero-order chi connectivity index (χ0) is 24.7. The SMILES string of the molecule is Cn1c(=O)n(C)c2cc(Oc3cccc(OCC(F)(F)F)c3)c(NS(=O)(=O)c3c[nH]cn3)cc21. The number of halogens is 3. The monoisotopic (exact) mass is 497 g/mol. The summed E-state index contributed by atoms with van der Waals surface area (Å²) in [5, 5.41) is -0.275. The molecule has 2 N–H and O–H groups in total. The summed E-state index contributed by atoms with van der Waals surface area (Å²) in [4.78, 5) is 18.6. The number of ether oxygens (including phenoxy) is 2. The number of benzene rings is 2. The first-order chi connectivity index (χ1) is 15.9. The van der Waals surface area contributed by atoms with Crippen LogP contribution in [0.3, 0.4) is 0 Å². The molecule has 180 valence electrons. The summed E-state index contributed by atoms with van der Waals surface area (Å²) in [6.45, 7) is -1.48. The molecule has 0 radical (unpaired) electrons. The Morgan fingerprint density at radius 2 is 1.76 bits per heavy atom. The second-order valence-corrected chi connectivity index (χ2v) is 8.86. The number of alkyl halides is 3. The molecule has 0 bridgehead atoms. The number of hydrogen-bond acceptors (Lipinski definition) is 6. The molecule has 0 saturated heterocycles. The molecule has 2 aromatic heterocycles. The molecule has 0 aliphatic carbocycles. The van der Waals surface area contributed by atoms with Crippen molar-refractivity contribution in [1.29, 1.82) is 0 Å². The fourth-order valence-electron chi connectivity index (χ4n) is 3.20. The van der Waals surface area contributed by atoms with E-state index in [0.29, 0.717) is 11.0 Å². The number of sulfonamides is 1. The van der Waals surface area contributed by atoms with Gasteiger partial charge >= 0.3 is 11.9 Å². The molecule has 2 aromatic carbocycles. The number of hydrogen-bond donors (Lipinski definition) is 2. The van der Waals surface area contributed by atoms with Gasteiger partial charge in [-0.2, -0.15) is 21.6 Å². The minimum atomic E-state index is -4.52. The van der Waals surface area contributed by atoms with E-state index < -0.39 is 22.8 Å². The number of fused-ring (bicyclic) bond motifs is 1. The maximum absolute atomic E-state index is 12.7. The van der Waals surface area contributed by atoms with Crippen molar-refractivity contribution < 1.29 is 31.1 Å². The summed E-state index contributed by atoms with van der Waals surface area (Å²) < 4.78 is 78.5. The molecule has 0 atom stereocenters. The maximum atomic E-state index is 12.7. The topological polar surface area (TPSA) is 120 Å². The number of aromatic amines is 1. The summed E-state index contributed by atoms with van der Waals surface area (Å²) in [7, 11) is -1.06. The molecule has 34 heavy (non-hydrogen) atoms. The van der Waals surface area contributed by atoms with E-state index in [1.807, 2.05) is 0 Å². The van der Waals surface area contributed by atoms with Crippen LogP contribution in [-0.4, -0.2) is 40.3 Å². The molecule has 0 aliphatic rings. The van der Waals surface area contributed by atoms with Gasteiger partial charge in [-0.3, -0.25) is 13.9 Å². The van der Waals surface area contributed by atoms with Gasteiger partial charge in [0.2, 0.25) is 0 Å². The number of nitrogens with zero attached hydrogens (tertiary/aromatic N) is 3. The second kappa shape index (κ2) is 8.44. The first-order valence-corrected chi connectivity index (χ1v) is 11.1. The van der Waals surface area contributed by atoms with Crippen LogP contribution in [0.25, 0.3) is 11.0 Å². The van der Waals surface area contributed by atoms with E-state index in [2.05, 4.69) is 14.7 Å². The predicted octanol–water partition coefficient (Wildman–Crippen LogP) is 3.13. The normalized spacial score (nSPS) is 12.1. The van der Waals surface area contributed by atoms with Crippen LogP contribution in [0.15, 0.2) is 58.7 Å². The lowest BCUT2D eigenvalue weighted by Gasteiger charge is -2.15. The summed E-state index contributed by atoms with van der Waals surface area (Å²) in [6.07, 6.45) is -2.14. The van der Waals surface area contributed by atoms with Gasteiger partial charge in [0, 0.05) is 32.4 Å². The summed E-state index contributed by atoms with van der Waals surface area (Å²) in [5.74, 6) is -0.0115. The van der Waals surface area contributed by atoms with Crippen molar-refractivity contribution in [1.82, 2.24) is 19.1 Å². The Balaban J connectivity index is 1.76. The number of imidazole rings is 2. The molecule has 0 amide bonds. The van der Waals surface area contributed by atoms with Crippen LogP contribution in [0.4, 0.5) is 18.9 Å². The smallest absolute Gasteiger partial charge is 0.422 e. The Morgan fingerprint density at radius 3 is 2.41 bits per heavy atom. The van der Waals surface area contributed by atoms with Crippen LogP contribution < -0.4 is 19.9 Å². The van der Waals surface area contributed by atoms with Crippen LogP contribution in [0.1, 0.15) is 0 Å². The van der Waals surface area contributed by atoms with Crippen LogP contribution in [-0.2, 0) is 24.1 Å². The summed E-state index contributed by atoms with van der Waals surface area (Å²) >= 11 is 0. The Hall–Kier alpha value is -3.94. The summed E-state index contributed by atoms with van der Waals surface area (Å²) in [5.41, 5.74) is 0.491. The van der Waals surface area contributed by atoms with Gasteiger partial charge in [0.1, 0.15) is 11.5 Å². The Morgan fingerprint density at radius 1 is 1.09 bits per heavy atom. The average Bonchev–Trinajstić information content (AvgIpc) is 3.38. The highest BCUT2D eigenvalue weighted by atomic mass is 32.2. The Labute approximate surface area is 190 Å². The molecule has 4 rings (SSSR count). The van der Waals surface area contributed by atoms with Crippen molar-refractivity contribution in [3.8, 4) is 17.2 Å². The number of aryl methyl sites for hydroxylation is 2. The number of anilines is 1. The van der Waals surface area contributed by atoms with Crippen LogP contribution >= 0.6 is 0 Å². The van der Waals surface area contributed by atoms with Crippen molar-refractivity contribution in [2.45, 2.75) is 11.2 Å². The molecule has 14 heteroatoms. The molecule has 0 unspecified atom stereocenters. The van der Waals surface area contributed by atoms with E-state index in [0.717, 1.165) is 0 Å². The Kier molecular flexibility index (Phi) is 5.77. The Bertz CT molecular complexity index is 1510. The van der Waals surface area contributed by atoms with Gasteiger partial charge in [-0.25, -0.2) is 9.78 Å². The lowest BCUT2D eigenvalue weighted by molar-refractivity contribution is -0.153. The third-order valence-electron chi connectivity index (χ3n) is 4.80. The van der Waals surface area contributed by atoms with Crippen molar-refractivity contribution in [2.24, 2.45) is 14.1 Å². The standard InChI is InChI=1S/C20H18F3N5O5S/c1-27-15-7-14(26-34(30,31)18-9-24-11-25-18)17(8-16(15)28(2)19(27)29)33-13-5-3-4-12(6-13)32-10-20(21,22)23/h3-9,11,26H,10H2,1-2H3,(H,24,25). The number of H-pyrrole nitrogens is 1. The summed E-state index contributed by atoms with van der Waals surface area (Å²) in [6, 6.07) is 8.30. The van der Waals surface area contributed by atoms with Gasteiger partial charge in [-0.15, -0.1) is 0 Å². The van der Waals surface area contributed by atoms with Crippen LogP contribution in [0.2, 0.25) is 0 Å². The lowest BCUT2D eigenvalue weighted by atomic mass is 10.2. The van der Waals surface area contributed by atoms with Crippen LogP contribution in [0, 0.1) is 0 Å². The van der Waals surface area contributed by atoms with Crippen molar-refractivity contribution in [2.75, 3.05) is 11.3 Å². The number of rotatable bonds is 7. The first-order valence-electron chi connectivity index (χ1n) is 9.63. The highest BCUT2D eigenvalue weighted by Crippen LogP contribution is 2.36. The minimum Gasteiger partial charge on any atom is -0.484 e. The van der Waals surface area contributed by atoms with E-state index >= 15 is 0 Å². The van der Waals surface area contributed by atoms with Gasteiger partial charge < -0.3 is 14.5 Å². The van der Waals surface area contributed by atoms with Crippen LogP contribution in [0.5, 0.6) is 17.2 Å². The fraction of sp³-hybridized carbons (Fsp3) is 0.200. The first kappa shape index (κ1) is 23.2. The van der Waals surface area contributed by atoms with E-state index in [4.69, 9.17) is 9.47 Å². The second-order valence-electron chi connectivity index (χ2n) is 7.23. The van der Waals surface area contributed by atoms with E-state index in [1.165, 1.54) is 72.2 Å². The molecule has 10 nitrogen and oxygen atoms in total. The molecule has 4 aromatic rings. The average molecular weight is 497 g/mol. The van der Waals surface area contributed by atoms with E-state index in [-0.39, 0.29) is 33.7 Å². The molecule has 0 saturated carbocycles. The van der Waals surface area contributed by atoms with Crippen molar-refractivity contribution in [3.05, 3.63) is 59.4 Å².